The summed E-state index contributed by atoms with van der Waals surface area (Å²) in [5, 5.41) is 16.9. The summed E-state index contributed by atoms with van der Waals surface area (Å²) in [7, 11) is 0. The Morgan fingerprint density at radius 2 is 1.93 bits per heavy atom. The van der Waals surface area contributed by atoms with Crippen LogP contribution in [0.5, 0.6) is 0 Å². The molecule has 0 saturated carbocycles. The van der Waals surface area contributed by atoms with Gasteiger partial charge in [-0.05, 0) is 31.0 Å². The molecule has 0 radical (unpaired) electrons. The number of nitrogens with one attached hydrogen (secondary N) is 2. The number of hydrogen-bond donors (Lipinski definition) is 2. The summed E-state index contributed by atoms with van der Waals surface area (Å²) >= 11 is 0. The highest BCUT2D eigenvalue weighted by molar-refractivity contribution is 5.91. The number of nitrogens with zero attached hydrogens (tertiary/aromatic N) is 2. The summed E-state index contributed by atoms with van der Waals surface area (Å²) in [4.78, 5) is 36.6. The zero-order valence-electron chi connectivity index (χ0n) is 15.3. The van der Waals surface area contributed by atoms with E-state index in [9.17, 15) is 19.7 Å². The zero-order chi connectivity index (χ0) is 19.9. The summed E-state index contributed by atoms with van der Waals surface area (Å²) < 4.78 is 5.13. The molecule has 0 spiro atoms. The van der Waals surface area contributed by atoms with Crippen LogP contribution in [0.3, 0.4) is 0 Å². The maximum Gasteiger partial charge on any atom is 0.292 e. The molecular weight excluding hydrogens is 364 g/mol. The summed E-state index contributed by atoms with van der Waals surface area (Å²) in [6.07, 6.45) is 3.03. The summed E-state index contributed by atoms with van der Waals surface area (Å²) in [6.45, 7) is 1.41. The number of nitro groups is 1. The second-order valence-corrected chi connectivity index (χ2v) is 6.56. The highest BCUT2D eigenvalue weighted by Gasteiger charge is 2.25. The fraction of sp³-hybridized carbons (Fsp3) is 0.368. The van der Waals surface area contributed by atoms with Crippen molar-refractivity contribution in [2.24, 2.45) is 0 Å². The Morgan fingerprint density at radius 3 is 2.61 bits per heavy atom. The van der Waals surface area contributed by atoms with E-state index >= 15 is 0 Å². The molecule has 0 aliphatic carbocycles. The van der Waals surface area contributed by atoms with Crippen molar-refractivity contribution in [1.29, 1.82) is 0 Å². The molecule has 3 rings (SSSR count). The van der Waals surface area contributed by atoms with Crippen molar-refractivity contribution >= 4 is 23.2 Å². The number of furan rings is 1. The van der Waals surface area contributed by atoms with Crippen molar-refractivity contribution in [2.45, 2.75) is 25.3 Å². The molecule has 1 aliphatic rings. The van der Waals surface area contributed by atoms with Crippen LogP contribution in [0.25, 0.3) is 0 Å². The van der Waals surface area contributed by atoms with Crippen LogP contribution in [-0.2, 0) is 4.79 Å². The van der Waals surface area contributed by atoms with E-state index < -0.39 is 4.92 Å². The van der Waals surface area contributed by atoms with Gasteiger partial charge in [0.15, 0.2) is 5.76 Å². The van der Waals surface area contributed by atoms with Crippen LogP contribution < -0.4 is 10.6 Å². The molecule has 1 fully saturated rings. The van der Waals surface area contributed by atoms with E-state index in [-0.39, 0.29) is 30.0 Å². The molecule has 2 amide bonds. The highest BCUT2D eigenvalue weighted by Crippen LogP contribution is 2.23. The predicted molar refractivity (Wildman–Crippen MR) is 102 cm³/mol. The summed E-state index contributed by atoms with van der Waals surface area (Å²) in [6, 6.07) is 9.66. The minimum absolute atomic E-state index is 0.0132. The molecule has 28 heavy (non-hydrogen) atoms. The number of nitro benzene ring substituents is 1. The Balaban J connectivity index is 1.39. The number of hydrogen-bond acceptors (Lipinski definition) is 6. The number of piperidine rings is 1. The number of rotatable bonds is 7. The average molecular weight is 386 g/mol. The fourth-order valence-corrected chi connectivity index (χ4v) is 3.18. The molecule has 2 heterocycles. The van der Waals surface area contributed by atoms with Crippen molar-refractivity contribution in [3.63, 3.8) is 0 Å². The normalized spacial score (nSPS) is 14.5. The van der Waals surface area contributed by atoms with Crippen LogP contribution in [0.4, 0.5) is 11.4 Å². The van der Waals surface area contributed by atoms with E-state index in [4.69, 9.17) is 4.42 Å². The molecule has 0 atom stereocenters. The monoisotopic (exact) mass is 386 g/mol. The number of amides is 2. The smallest absolute Gasteiger partial charge is 0.292 e. The van der Waals surface area contributed by atoms with Gasteiger partial charge in [-0.15, -0.1) is 0 Å². The first-order valence-corrected chi connectivity index (χ1v) is 9.14. The first kappa shape index (κ1) is 19.4. The average Bonchev–Trinajstić information content (AvgIpc) is 3.23. The fourth-order valence-electron chi connectivity index (χ4n) is 3.18. The molecule has 1 saturated heterocycles. The van der Waals surface area contributed by atoms with Crippen molar-refractivity contribution in [2.75, 3.05) is 25.0 Å². The number of anilines is 1. The zero-order valence-corrected chi connectivity index (χ0v) is 15.3. The molecule has 1 aliphatic heterocycles. The van der Waals surface area contributed by atoms with Gasteiger partial charge in [0.2, 0.25) is 5.91 Å². The maximum atomic E-state index is 12.2. The Morgan fingerprint density at radius 1 is 1.18 bits per heavy atom. The van der Waals surface area contributed by atoms with Crippen LogP contribution in [0.1, 0.15) is 29.8 Å². The lowest BCUT2D eigenvalue weighted by molar-refractivity contribution is -0.384. The van der Waals surface area contributed by atoms with E-state index in [2.05, 4.69) is 10.6 Å². The Hall–Kier alpha value is -3.36. The molecule has 9 nitrogen and oxygen atoms in total. The standard InChI is InChI=1S/C19H22N4O5/c24-18(7-10-20-15-4-1-2-5-16(15)23(26)27)21-14-8-11-22(12-9-14)19(25)17-6-3-13-28-17/h1-6,13-14,20H,7-12H2,(H,21,24). The van der Waals surface area contributed by atoms with Gasteiger partial charge in [0.25, 0.3) is 11.6 Å². The van der Waals surface area contributed by atoms with E-state index in [1.54, 1.807) is 35.2 Å². The first-order chi connectivity index (χ1) is 13.5. The molecule has 0 bridgehead atoms. The van der Waals surface area contributed by atoms with Gasteiger partial charge in [0.05, 0.1) is 11.2 Å². The minimum atomic E-state index is -0.458. The van der Waals surface area contributed by atoms with Crippen LogP contribution in [-0.4, -0.2) is 47.3 Å². The van der Waals surface area contributed by atoms with Gasteiger partial charge >= 0.3 is 0 Å². The topological polar surface area (TPSA) is 118 Å². The van der Waals surface area contributed by atoms with Crippen molar-refractivity contribution < 1.29 is 18.9 Å². The van der Waals surface area contributed by atoms with Gasteiger partial charge in [0.1, 0.15) is 5.69 Å². The second kappa shape index (κ2) is 9.03. The third kappa shape index (κ3) is 4.87. The van der Waals surface area contributed by atoms with Crippen molar-refractivity contribution in [3.8, 4) is 0 Å². The van der Waals surface area contributed by atoms with Gasteiger partial charge in [0, 0.05) is 38.2 Å². The van der Waals surface area contributed by atoms with E-state index in [0.29, 0.717) is 43.9 Å². The second-order valence-electron chi connectivity index (χ2n) is 6.56. The Kier molecular flexibility index (Phi) is 6.25. The predicted octanol–water partition coefficient (Wildman–Crippen LogP) is 2.41. The third-order valence-electron chi connectivity index (χ3n) is 4.65. The molecule has 2 N–H and O–H groups in total. The number of carbonyl (C=O) groups is 2. The molecule has 9 heteroatoms. The molecular formula is C19H22N4O5. The highest BCUT2D eigenvalue weighted by atomic mass is 16.6. The van der Waals surface area contributed by atoms with Crippen LogP contribution in [0.2, 0.25) is 0 Å². The van der Waals surface area contributed by atoms with Gasteiger partial charge < -0.3 is 20.0 Å². The largest absolute Gasteiger partial charge is 0.459 e. The molecule has 1 aromatic heterocycles. The van der Waals surface area contributed by atoms with Gasteiger partial charge in [-0.3, -0.25) is 19.7 Å². The first-order valence-electron chi connectivity index (χ1n) is 9.14. The van der Waals surface area contributed by atoms with Crippen molar-refractivity contribution in [3.05, 3.63) is 58.5 Å². The van der Waals surface area contributed by atoms with E-state index in [1.807, 2.05) is 0 Å². The lowest BCUT2D eigenvalue weighted by Crippen LogP contribution is -2.46. The third-order valence-corrected chi connectivity index (χ3v) is 4.65. The van der Waals surface area contributed by atoms with Crippen molar-refractivity contribution in [1.82, 2.24) is 10.2 Å². The molecule has 0 unspecified atom stereocenters. The van der Waals surface area contributed by atoms with E-state index in [1.165, 1.54) is 12.3 Å². The number of benzene rings is 1. The molecule has 1 aromatic carbocycles. The number of para-hydroxylation sites is 2. The summed E-state index contributed by atoms with van der Waals surface area (Å²) in [5.74, 6) is 0.0638. The minimum Gasteiger partial charge on any atom is -0.459 e. The Labute approximate surface area is 161 Å². The Bertz CT molecular complexity index is 829. The molecule has 148 valence electrons. The van der Waals surface area contributed by atoms with Crippen LogP contribution >= 0.6 is 0 Å². The lowest BCUT2D eigenvalue weighted by Gasteiger charge is -2.31. The molecule has 2 aromatic rings. The number of carbonyl (C=O) groups excluding carboxylic acids is 2. The lowest BCUT2D eigenvalue weighted by atomic mass is 10.0. The van der Waals surface area contributed by atoms with E-state index in [0.717, 1.165) is 0 Å². The van der Waals surface area contributed by atoms with Gasteiger partial charge in [-0.2, -0.15) is 0 Å². The van der Waals surface area contributed by atoms with Crippen LogP contribution in [0.15, 0.2) is 47.1 Å². The number of likely N-dealkylation sites (tertiary alicyclic amines) is 1. The SMILES string of the molecule is O=C(CCNc1ccccc1[N+](=O)[O-])NC1CCN(C(=O)c2ccco2)CC1. The summed E-state index contributed by atoms with van der Waals surface area (Å²) in [5.41, 5.74) is 0.376. The maximum absolute atomic E-state index is 12.2. The van der Waals surface area contributed by atoms with Gasteiger partial charge in [-0.25, -0.2) is 0 Å². The van der Waals surface area contributed by atoms with Gasteiger partial charge in [-0.1, -0.05) is 12.1 Å². The van der Waals surface area contributed by atoms with Crippen LogP contribution in [0, 0.1) is 10.1 Å². The quantitative estimate of drug-likeness (QED) is 0.557.